The molecule has 0 spiro atoms. The van der Waals surface area contributed by atoms with Crippen LogP contribution in [-0.4, -0.2) is 24.2 Å². The van der Waals surface area contributed by atoms with Crippen LogP contribution in [0.4, 0.5) is 13.2 Å². The Labute approximate surface area is 50.2 Å². The van der Waals surface area contributed by atoms with E-state index in [1.54, 1.807) is 0 Å². The maximum Gasteiger partial charge on any atom is 0.522 e. The monoisotopic (exact) mass is 144 g/mol. The van der Waals surface area contributed by atoms with Crippen LogP contribution >= 0.6 is 0 Å². The molecule has 0 aliphatic carbocycles. The summed E-state index contributed by atoms with van der Waals surface area (Å²) in [6.07, 6.45) is -5.71. The van der Waals surface area contributed by atoms with Crippen molar-refractivity contribution >= 4 is 0 Å². The summed E-state index contributed by atoms with van der Waals surface area (Å²) in [5, 5.41) is 8.29. The number of ether oxygens (including phenoxy) is 1. The number of hydrogen-bond donors (Lipinski definition) is 1. The van der Waals surface area contributed by atoms with Crippen LogP contribution in [0, 0.1) is 0 Å². The summed E-state index contributed by atoms with van der Waals surface area (Å²) < 4.78 is 36.5. The molecule has 0 aromatic rings. The number of alkyl halides is 3. The number of aliphatic hydroxyl groups excluding tert-OH is 1. The van der Waals surface area contributed by atoms with Crippen LogP contribution in [-0.2, 0) is 4.74 Å². The lowest BCUT2D eigenvalue weighted by Gasteiger charge is -2.07. The van der Waals surface area contributed by atoms with E-state index in [1.807, 2.05) is 0 Å². The van der Waals surface area contributed by atoms with Crippen LogP contribution < -0.4 is 0 Å². The van der Waals surface area contributed by atoms with Crippen molar-refractivity contribution in [2.24, 2.45) is 0 Å². The Morgan fingerprint density at radius 2 is 2.00 bits per heavy atom. The topological polar surface area (TPSA) is 29.5 Å². The van der Waals surface area contributed by atoms with Gasteiger partial charge < -0.3 is 5.11 Å². The molecule has 0 aliphatic heterocycles. The van der Waals surface area contributed by atoms with Crippen molar-refractivity contribution in [1.29, 1.82) is 0 Å². The average Bonchev–Trinajstić information content (AvgIpc) is 1.59. The first kappa shape index (κ1) is 8.71. The minimum Gasteiger partial charge on any atom is -0.391 e. The molecule has 1 N–H and O–H groups in total. The second kappa shape index (κ2) is 3.03. The lowest BCUT2D eigenvalue weighted by atomic mass is 10.5. The van der Waals surface area contributed by atoms with Gasteiger partial charge >= 0.3 is 6.36 Å². The van der Waals surface area contributed by atoms with Gasteiger partial charge in [-0.3, -0.25) is 4.74 Å². The fourth-order valence-corrected chi connectivity index (χ4v) is 0.215. The highest BCUT2D eigenvalue weighted by Crippen LogP contribution is 2.15. The summed E-state index contributed by atoms with van der Waals surface area (Å²) in [7, 11) is 0. The molecule has 1 unspecified atom stereocenters. The molecule has 0 aliphatic rings. The number of halogens is 3. The zero-order chi connectivity index (χ0) is 7.49. The number of rotatable bonds is 2. The zero-order valence-corrected chi connectivity index (χ0v) is 4.77. The van der Waals surface area contributed by atoms with E-state index in [0.29, 0.717) is 0 Å². The van der Waals surface area contributed by atoms with Crippen molar-refractivity contribution in [3.8, 4) is 0 Å². The Morgan fingerprint density at radius 1 is 1.56 bits per heavy atom. The molecule has 0 radical (unpaired) electrons. The molecule has 56 valence electrons. The maximum absolute atomic E-state index is 11.1. The first-order chi connectivity index (χ1) is 3.92. The molecule has 0 fully saturated rings. The van der Waals surface area contributed by atoms with Crippen molar-refractivity contribution in [1.82, 2.24) is 0 Å². The molecule has 5 heteroatoms. The Hall–Kier alpha value is -0.290. The summed E-state index contributed by atoms with van der Waals surface area (Å²) in [4.78, 5) is 0. The van der Waals surface area contributed by atoms with E-state index in [9.17, 15) is 13.2 Å². The normalized spacial score (nSPS) is 15.7. The Kier molecular flexibility index (Phi) is 2.93. The molecule has 0 aromatic carbocycles. The summed E-state index contributed by atoms with van der Waals surface area (Å²) in [6, 6.07) is 0. The van der Waals surface area contributed by atoms with E-state index in [2.05, 4.69) is 4.74 Å². The Morgan fingerprint density at radius 3 is 2.11 bits per heavy atom. The van der Waals surface area contributed by atoms with Crippen molar-refractivity contribution in [3.05, 3.63) is 0 Å². The molecule has 2 nitrogen and oxygen atoms in total. The minimum atomic E-state index is -4.63. The second-order valence-corrected chi connectivity index (χ2v) is 1.61. The molecule has 0 saturated heterocycles. The Balaban J connectivity index is 3.28. The third-order valence-electron chi connectivity index (χ3n) is 0.488. The van der Waals surface area contributed by atoms with Gasteiger partial charge in [-0.1, -0.05) is 0 Å². The molecule has 9 heavy (non-hydrogen) atoms. The van der Waals surface area contributed by atoms with Crippen molar-refractivity contribution in [2.75, 3.05) is 6.61 Å². The SMILES string of the molecule is CC(O)COC(F)(F)F. The Bertz CT molecular complexity index is 78.4. The maximum atomic E-state index is 11.1. The van der Waals surface area contributed by atoms with E-state index in [-0.39, 0.29) is 0 Å². The first-order valence-corrected chi connectivity index (χ1v) is 2.30. The summed E-state index contributed by atoms with van der Waals surface area (Å²) in [5.41, 5.74) is 0. The van der Waals surface area contributed by atoms with Gasteiger partial charge in [-0.2, -0.15) is 0 Å². The molecule has 0 aromatic heterocycles. The first-order valence-electron chi connectivity index (χ1n) is 2.30. The smallest absolute Gasteiger partial charge is 0.391 e. The minimum absolute atomic E-state index is 0.705. The van der Waals surface area contributed by atoms with Gasteiger partial charge in [0.2, 0.25) is 0 Å². The van der Waals surface area contributed by atoms with Crippen LogP contribution in [0.25, 0.3) is 0 Å². The standard InChI is InChI=1S/C4H7F3O2/c1-3(8)2-9-4(5,6)7/h3,8H,2H2,1H3. The lowest BCUT2D eigenvalue weighted by molar-refractivity contribution is -0.330. The second-order valence-electron chi connectivity index (χ2n) is 1.61. The highest BCUT2D eigenvalue weighted by Gasteiger charge is 2.29. The predicted molar refractivity (Wildman–Crippen MR) is 23.7 cm³/mol. The quantitative estimate of drug-likeness (QED) is 0.624. The van der Waals surface area contributed by atoms with Crippen molar-refractivity contribution in [2.45, 2.75) is 19.4 Å². The highest BCUT2D eigenvalue weighted by molar-refractivity contribution is 4.41. The van der Waals surface area contributed by atoms with E-state index >= 15 is 0 Å². The van der Waals surface area contributed by atoms with E-state index < -0.39 is 19.1 Å². The molecule has 0 bridgehead atoms. The van der Waals surface area contributed by atoms with Gasteiger partial charge in [-0.05, 0) is 6.92 Å². The van der Waals surface area contributed by atoms with Crippen LogP contribution in [0.5, 0.6) is 0 Å². The third kappa shape index (κ3) is 7.71. The molecule has 1 atom stereocenters. The van der Waals surface area contributed by atoms with Gasteiger partial charge in [0, 0.05) is 0 Å². The average molecular weight is 144 g/mol. The van der Waals surface area contributed by atoms with E-state index in [1.165, 1.54) is 6.92 Å². The van der Waals surface area contributed by atoms with Crippen LogP contribution in [0.15, 0.2) is 0 Å². The molecular weight excluding hydrogens is 137 g/mol. The van der Waals surface area contributed by atoms with Gasteiger partial charge in [-0.15, -0.1) is 13.2 Å². The van der Waals surface area contributed by atoms with Crippen LogP contribution in [0.1, 0.15) is 6.92 Å². The molecule has 0 saturated carbocycles. The van der Waals surface area contributed by atoms with E-state index in [4.69, 9.17) is 5.11 Å². The van der Waals surface area contributed by atoms with Gasteiger partial charge in [0.05, 0.1) is 12.7 Å². The van der Waals surface area contributed by atoms with Crippen molar-refractivity contribution < 1.29 is 23.0 Å². The summed E-state index contributed by atoms with van der Waals surface area (Å²) in [6.45, 7) is 0.509. The summed E-state index contributed by atoms with van der Waals surface area (Å²) >= 11 is 0. The largest absolute Gasteiger partial charge is 0.522 e. The van der Waals surface area contributed by atoms with Crippen molar-refractivity contribution in [3.63, 3.8) is 0 Å². The predicted octanol–water partition coefficient (Wildman–Crippen LogP) is 0.904. The number of hydrogen-bond acceptors (Lipinski definition) is 2. The van der Waals surface area contributed by atoms with Gasteiger partial charge in [-0.25, -0.2) is 0 Å². The lowest BCUT2D eigenvalue weighted by Crippen LogP contribution is -2.20. The fourth-order valence-electron chi connectivity index (χ4n) is 0.215. The fraction of sp³-hybridized carbons (Fsp3) is 1.00. The van der Waals surface area contributed by atoms with E-state index in [0.717, 1.165) is 0 Å². The van der Waals surface area contributed by atoms with Gasteiger partial charge in [0.25, 0.3) is 0 Å². The molecular formula is C4H7F3O2. The highest BCUT2D eigenvalue weighted by atomic mass is 19.4. The third-order valence-corrected chi connectivity index (χ3v) is 0.488. The molecule has 0 heterocycles. The number of aliphatic hydroxyl groups is 1. The van der Waals surface area contributed by atoms with Crippen LogP contribution in [0.3, 0.4) is 0 Å². The molecule has 0 rings (SSSR count). The molecule has 0 amide bonds. The summed E-state index contributed by atoms with van der Waals surface area (Å²) in [5.74, 6) is 0. The zero-order valence-electron chi connectivity index (χ0n) is 4.77. The van der Waals surface area contributed by atoms with Gasteiger partial charge in [0.1, 0.15) is 0 Å². The van der Waals surface area contributed by atoms with Gasteiger partial charge in [0.15, 0.2) is 0 Å². The van der Waals surface area contributed by atoms with Crippen LogP contribution in [0.2, 0.25) is 0 Å².